The second-order valence-corrected chi connectivity index (χ2v) is 3.43. The quantitative estimate of drug-likeness (QED) is 0.723. The maximum atomic E-state index is 10.7. The molecule has 0 fully saturated rings. The first-order chi connectivity index (χ1) is 8.25. The Kier molecular flexibility index (Phi) is 1.94. The number of hydrogen-bond acceptors (Lipinski definition) is 4. The lowest BCUT2D eigenvalue weighted by molar-refractivity contribution is 0.0662. The number of nitrogens with zero attached hydrogens (tertiary/aromatic N) is 3. The average Bonchev–Trinajstić information content (AvgIpc) is 2.95. The highest BCUT2D eigenvalue weighted by atomic mass is 16.4. The van der Waals surface area contributed by atoms with Gasteiger partial charge in [0, 0.05) is 6.07 Å². The fraction of sp³-hybridized carbons (Fsp3) is 0. The lowest BCUT2D eigenvalue weighted by atomic mass is 10.3. The number of aromatic nitrogens is 3. The van der Waals surface area contributed by atoms with E-state index in [-0.39, 0.29) is 5.76 Å². The van der Waals surface area contributed by atoms with E-state index in [0.29, 0.717) is 5.88 Å². The van der Waals surface area contributed by atoms with E-state index in [9.17, 15) is 4.79 Å². The molecule has 2 heterocycles. The summed E-state index contributed by atoms with van der Waals surface area (Å²) < 4.78 is 6.62. The molecule has 0 unspecified atom stereocenters. The zero-order valence-electron chi connectivity index (χ0n) is 8.57. The minimum Gasteiger partial charge on any atom is -0.475 e. The zero-order valence-corrected chi connectivity index (χ0v) is 8.57. The van der Waals surface area contributed by atoms with Crippen LogP contribution in [0.5, 0.6) is 0 Å². The summed E-state index contributed by atoms with van der Waals surface area (Å²) in [6, 6.07) is 10.3. The third kappa shape index (κ3) is 1.46. The zero-order chi connectivity index (χ0) is 11.8. The molecule has 6 nitrogen and oxygen atoms in total. The predicted molar refractivity (Wildman–Crippen MR) is 58.1 cm³/mol. The van der Waals surface area contributed by atoms with Gasteiger partial charge in [0.05, 0.1) is 5.52 Å². The van der Waals surface area contributed by atoms with Crippen LogP contribution < -0.4 is 0 Å². The third-order valence-electron chi connectivity index (χ3n) is 2.36. The van der Waals surface area contributed by atoms with Gasteiger partial charge in [-0.2, -0.15) is 4.68 Å². The first-order valence-corrected chi connectivity index (χ1v) is 4.89. The molecule has 0 radical (unpaired) electrons. The molecule has 17 heavy (non-hydrogen) atoms. The average molecular weight is 229 g/mol. The first-order valence-electron chi connectivity index (χ1n) is 4.89. The second kappa shape index (κ2) is 3.44. The molecule has 1 aromatic carbocycles. The molecule has 3 rings (SSSR count). The Labute approximate surface area is 95.1 Å². The SMILES string of the molecule is O=C(O)c1ccc(-n2nnc3ccccc32)o1. The molecule has 0 atom stereocenters. The van der Waals surface area contributed by atoms with Gasteiger partial charge >= 0.3 is 5.97 Å². The molecular formula is C11H7N3O3. The van der Waals surface area contributed by atoms with Gasteiger partial charge in [-0.05, 0) is 18.2 Å². The maximum Gasteiger partial charge on any atom is 0.371 e. The van der Waals surface area contributed by atoms with Crippen LogP contribution >= 0.6 is 0 Å². The van der Waals surface area contributed by atoms with Crippen LogP contribution in [-0.4, -0.2) is 26.1 Å². The molecular weight excluding hydrogens is 222 g/mol. The third-order valence-corrected chi connectivity index (χ3v) is 2.36. The summed E-state index contributed by atoms with van der Waals surface area (Å²) in [5.41, 5.74) is 1.49. The number of fused-ring (bicyclic) bond motifs is 1. The number of benzene rings is 1. The lowest BCUT2D eigenvalue weighted by Gasteiger charge is -1.95. The number of hydrogen-bond donors (Lipinski definition) is 1. The molecule has 0 aliphatic carbocycles. The van der Waals surface area contributed by atoms with Gasteiger partial charge in [-0.25, -0.2) is 4.79 Å². The Morgan fingerprint density at radius 1 is 1.24 bits per heavy atom. The summed E-state index contributed by atoms with van der Waals surface area (Å²) in [6.45, 7) is 0. The van der Waals surface area contributed by atoms with Crippen LogP contribution in [-0.2, 0) is 0 Å². The van der Waals surface area contributed by atoms with Crippen molar-refractivity contribution in [2.75, 3.05) is 0 Å². The van der Waals surface area contributed by atoms with Crippen LogP contribution in [0.1, 0.15) is 10.6 Å². The van der Waals surface area contributed by atoms with Crippen molar-refractivity contribution in [3.05, 3.63) is 42.2 Å². The van der Waals surface area contributed by atoms with Crippen molar-refractivity contribution in [1.29, 1.82) is 0 Å². The molecule has 0 saturated heterocycles. The predicted octanol–water partition coefficient (Wildman–Crippen LogP) is 1.71. The van der Waals surface area contributed by atoms with Crippen LogP contribution in [0.3, 0.4) is 0 Å². The first kappa shape index (κ1) is 9.59. The highest BCUT2D eigenvalue weighted by Gasteiger charge is 2.13. The van der Waals surface area contributed by atoms with Crippen molar-refractivity contribution in [2.45, 2.75) is 0 Å². The summed E-state index contributed by atoms with van der Waals surface area (Å²) in [5, 5.41) is 16.6. The van der Waals surface area contributed by atoms with Gasteiger partial charge in [-0.1, -0.05) is 17.3 Å². The van der Waals surface area contributed by atoms with Gasteiger partial charge in [0.15, 0.2) is 0 Å². The summed E-state index contributed by atoms with van der Waals surface area (Å²) in [4.78, 5) is 10.7. The van der Waals surface area contributed by atoms with E-state index in [4.69, 9.17) is 9.52 Å². The van der Waals surface area contributed by atoms with Gasteiger partial charge in [-0.3, -0.25) is 0 Å². The molecule has 84 valence electrons. The van der Waals surface area contributed by atoms with Crippen LogP contribution in [0.4, 0.5) is 0 Å². The van der Waals surface area contributed by atoms with E-state index in [1.54, 1.807) is 6.07 Å². The molecule has 0 bridgehead atoms. The largest absolute Gasteiger partial charge is 0.475 e. The summed E-state index contributed by atoms with van der Waals surface area (Å²) >= 11 is 0. The van der Waals surface area contributed by atoms with E-state index >= 15 is 0 Å². The van der Waals surface area contributed by atoms with Crippen LogP contribution in [0, 0.1) is 0 Å². The number of carboxylic acid groups (broad SMARTS) is 1. The number of carbonyl (C=O) groups is 1. The Hall–Kier alpha value is -2.63. The molecule has 0 amide bonds. The van der Waals surface area contributed by atoms with Crippen molar-refractivity contribution in [1.82, 2.24) is 15.0 Å². The molecule has 0 aliphatic heterocycles. The number of furan rings is 1. The van der Waals surface area contributed by atoms with Crippen LogP contribution in [0.2, 0.25) is 0 Å². The molecule has 2 aromatic heterocycles. The molecule has 0 aliphatic rings. The Morgan fingerprint density at radius 2 is 2.06 bits per heavy atom. The van der Waals surface area contributed by atoms with Crippen molar-refractivity contribution in [3.8, 4) is 5.88 Å². The molecule has 3 aromatic rings. The lowest BCUT2D eigenvalue weighted by Crippen LogP contribution is -1.95. The minimum atomic E-state index is -1.11. The van der Waals surface area contributed by atoms with Gasteiger partial charge in [0.2, 0.25) is 11.6 Å². The van der Waals surface area contributed by atoms with Crippen molar-refractivity contribution in [3.63, 3.8) is 0 Å². The summed E-state index contributed by atoms with van der Waals surface area (Å²) in [6.07, 6.45) is 0. The number of para-hydroxylation sites is 1. The molecule has 0 spiro atoms. The normalized spacial score (nSPS) is 10.8. The summed E-state index contributed by atoms with van der Waals surface area (Å²) in [7, 11) is 0. The second-order valence-electron chi connectivity index (χ2n) is 3.43. The van der Waals surface area contributed by atoms with Gasteiger partial charge in [0.1, 0.15) is 5.52 Å². The minimum absolute atomic E-state index is 0.125. The highest BCUT2D eigenvalue weighted by molar-refractivity contribution is 5.84. The standard InChI is InChI=1S/C11H7N3O3/c15-11(16)9-5-6-10(17-9)14-8-4-2-1-3-7(8)12-13-14/h1-6H,(H,15,16). The number of aromatic carboxylic acids is 1. The van der Waals surface area contributed by atoms with E-state index < -0.39 is 5.97 Å². The van der Waals surface area contributed by atoms with Gasteiger partial charge < -0.3 is 9.52 Å². The molecule has 6 heteroatoms. The van der Waals surface area contributed by atoms with Crippen molar-refractivity contribution >= 4 is 17.0 Å². The molecule has 0 saturated carbocycles. The monoisotopic (exact) mass is 229 g/mol. The van der Waals surface area contributed by atoms with Gasteiger partial charge in [0.25, 0.3) is 0 Å². The summed E-state index contributed by atoms with van der Waals surface area (Å²) in [5.74, 6) is -0.906. The van der Waals surface area contributed by atoms with Crippen LogP contribution in [0.25, 0.3) is 16.9 Å². The van der Waals surface area contributed by atoms with E-state index in [1.807, 2.05) is 24.3 Å². The Morgan fingerprint density at radius 3 is 2.82 bits per heavy atom. The smallest absolute Gasteiger partial charge is 0.371 e. The number of carboxylic acids is 1. The highest BCUT2D eigenvalue weighted by Crippen LogP contribution is 2.17. The fourth-order valence-corrected chi connectivity index (χ4v) is 1.59. The van der Waals surface area contributed by atoms with E-state index in [0.717, 1.165) is 11.0 Å². The topological polar surface area (TPSA) is 81.1 Å². The number of rotatable bonds is 2. The van der Waals surface area contributed by atoms with Crippen molar-refractivity contribution in [2.24, 2.45) is 0 Å². The van der Waals surface area contributed by atoms with E-state index in [1.165, 1.54) is 10.7 Å². The van der Waals surface area contributed by atoms with Gasteiger partial charge in [-0.15, -0.1) is 5.10 Å². The Balaban J connectivity index is 2.17. The van der Waals surface area contributed by atoms with Crippen molar-refractivity contribution < 1.29 is 14.3 Å². The van der Waals surface area contributed by atoms with E-state index in [2.05, 4.69) is 10.3 Å². The molecule has 1 N–H and O–H groups in total. The Bertz CT molecular complexity index is 699. The van der Waals surface area contributed by atoms with Crippen LogP contribution in [0.15, 0.2) is 40.8 Å². The fourth-order valence-electron chi connectivity index (χ4n) is 1.59. The maximum absolute atomic E-state index is 10.7.